The lowest BCUT2D eigenvalue weighted by Gasteiger charge is -2.33. The Hall–Kier alpha value is -3.34. The zero-order chi connectivity index (χ0) is 23.8. The molecule has 11 heteroatoms. The van der Waals surface area contributed by atoms with Crippen LogP contribution in [0.15, 0.2) is 30.6 Å². The number of nitrogens with one attached hydrogen (secondary N) is 1. The molecule has 0 unspecified atom stereocenters. The van der Waals surface area contributed by atoms with Gasteiger partial charge in [0.1, 0.15) is 11.6 Å². The van der Waals surface area contributed by atoms with Crippen molar-refractivity contribution in [2.75, 3.05) is 25.0 Å². The van der Waals surface area contributed by atoms with E-state index < -0.39 is 30.7 Å². The number of benzene rings is 1. The van der Waals surface area contributed by atoms with Crippen LogP contribution in [0.3, 0.4) is 0 Å². The summed E-state index contributed by atoms with van der Waals surface area (Å²) in [6.45, 7) is 2.69. The number of hydrogen-bond acceptors (Lipinski definition) is 5. The summed E-state index contributed by atoms with van der Waals surface area (Å²) in [5.74, 6) is -0.0310. The van der Waals surface area contributed by atoms with Crippen molar-refractivity contribution >= 4 is 22.8 Å². The van der Waals surface area contributed by atoms with E-state index in [2.05, 4.69) is 20.3 Å². The number of carbonyl (C=O) groups excluding carboxylic acids is 1. The number of nitrogens with zero attached hydrogens (tertiary/aromatic N) is 4. The number of alkyl halides is 3. The molecule has 2 aromatic heterocycles. The Balaban J connectivity index is 1.60. The molecule has 7 nitrogen and oxygen atoms in total. The molecule has 1 saturated heterocycles. The number of rotatable bonds is 3. The lowest BCUT2D eigenvalue weighted by atomic mass is 10.00. The summed E-state index contributed by atoms with van der Waals surface area (Å²) in [5.41, 5.74) is 2.25. The third-order valence-corrected chi connectivity index (χ3v) is 5.38. The molecule has 33 heavy (non-hydrogen) atoms. The van der Waals surface area contributed by atoms with E-state index in [0.29, 0.717) is 40.0 Å². The van der Waals surface area contributed by atoms with Crippen LogP contribution in [-0.2, 0) is 11.2 Å². The molecule has 1 aliphatic heterocycles. The lowest BCUT2D eigenvalue weighted by molar-refractivity contribution is -0.233. The van der Waals surface area contributed by atoms with Crippen molar-refractivity contribution in [2.45, 2.75) is 32.5 Å². The first-order chi connectivity index (χ1) is 15.7. The average molecular weight is 463 g/mol. The normalized spacial score (nSPS) is 16.8. The SMILES string of the molecule is CCc1ncc2cc(-c3cc(NC(=O)N4CCO[C@@H](C(F)(F)F)C4)c(F)cc3C)cnc2n1. The number of hydrogen-bond donors (Lipinski definition) is 1. The van der Waals surface area contributed by atoms with E-state index in [9.17, 15) is 22.4 Å². The maximum atomic E-state index is 14.6. The Labute approximate surface area is 186 Å². The van der Waals surface area contributed by atoms with Crippen molar-refractivity contribution in [1.29, 1.82) is 0 Å². The van der Waals surface area contributed by atoms with Crippen molar-refractivity contribution in [3.05, 3.63) is 47.8 Å². The number of aryl methyl sites for hydroxylation is 2. The zero-order valence-electron chi connectivity index (χ0n) is 17.9. The van der Waals surface area contributed by atoms with Gasteiger partial charge in [-0.15, -0.1) is 0 Å². The highest BCUT2D eigenvalue weighted by atomic mass is 19.4. The third kappa shape index (κ3) is 4.87. The van der Waals surface area contributed by atoms with Crippen LogP contribution < -0.4 is 5.32 Å². The molecule has 0 saturated carbocycles. The van der Waals surface area contributed by atoms with E-state index in [-0.39, 0.29) is 18.8 Å². The number of amides is 2. The third-order valence-electron chi connectivity index (χ3n) is 5.38. The predicted molar refractivity (Wildman–Crippen MR) is 113 cm³/mol. The highest BCUT2D eigenvalue weighted by Gasteiger charge is 2.44. The number of anilines is 1. The predicted octanol–water partition coefficient (Wildman–Crippen LogP) is 4.50. The van der Waals surface area contributed by atoms with Gasteiger partial charge in [-0.2, -0.15) is 13.2 Å². The second-order valence-corrected chi connectivity index (χ2v) is 7.70. The number of halogens is 4. The van der Waals surface area contributed by atoms with Crippen LogP contribution in [0.4, 0.5) is 28.0 Å². The molecule has 1 aliphatic rings. The van der Waals surface area contributed by atoms with Crippen LogP contribution in [0.5, 0.6) is 0 Å². The van der Waals surface area contributed by atoms with E-state index in [1.807, 2.05) is 13.0 Å². The summed E-state index contributed by atoms with van der Waals surface area (Å²) in [5, 5.41) is 3.09. The Kier molecular flexibility index (Phi) is 6.15. The molecule has 4 rings (SSSR count). The maximum absolute atomic E-state index is 14.6. The van der Waals surface area contributed by atoms with Gasteiger partial charge in [0.25, 0.3) is 0 Å². The minimum absolute atomic E-state index is 0.0346. The van der Waals surface area contributed by atoms with Crippen LogP contribution >= 0.6 is 0 Å². The first-order valence-electron chi connectivity index (χ1n) is 10.3. The van der Waals surface area contributed by atoms with Gasteiger partial charge in [-0.25, -0.2) is 24.1 Å². The van der Waals surface area contributed by atoms with Gasteiger partial charge in [0, 0.05) is 36.3 Å². The number of fused-ring (bicyclic) bond motifs is 1. The van der Waals surface area contributed by atoms with Crippen molar-refractivity contribution < 1.29 is 27.1 Å². The van der Waals surface area contributed by atoms with Crippen molar-refractivity contribution in [2.24, 2.45) is 0 Å². The summed E-state index contributed by atoms with van der Waals surface area (Å²) in [6, 6.07) is 3.67. The molecule has 1 N–H and O–H groups in total. The molecular weight excluding hydrogens is 442 g/mol. The standard InChI is InChI=1S/C22H21F4N5O2/c1-3-19-27-10-14-7-13(9-28-20(14)30-19)15-8-17(16(23)6-12(15)2)29-21(32)31-4-5-33-18(11-31)22(24,25)26/h6-10,18H,3-5,11H2,1-2H3,(H,29,32)/t18-/m1/s1. The fourth-order valence-corrected chi connectivity index (χ4v) is 3.58. The molecule has 1 atom stereocenters. The van der Waals surface area contributed by atoms with Crippen LogP contribution in [0.1, 0.15) is 18.3 Å². The first-order valence-corrected chi connectivity index (χ1v) is 10.3. The molecule has 174 valence electrons. The Bertz CT molecular complexity index is 1200. The van der Waals surface area contributed by atoms with Crippen LogP contribution in [0.25, 0.3) is 22.2 Å². The molecule has 0 spiro atoms. The quantitative estimate of drug-likeness (QED) is 0.579. The fraction of sp³-hybridized carbons (Fsp3) is 0.364. The van der Waals surface area contributed by atoms with Gasteiger partial charge in [-0.3, -0.25) is 0 Å². The highest BCUT2D eigenvalue weighted by molar-refractivity contribution is 5.91. The van der Waals surface area contributed by atoms with E-state index in [1.54, 1.807) is 19.3 Å². The molecule has 0 bridgehead atoms. The minimum atomic E-state index is -4.59. The molecule has 3 aromatic rings. The number of ether oxygens (including phenoxy) is 1. The van der Waals surface area contributed by atoms with Crippen molar-refractivity contribution in [1.82, 2.24) is 19.9 Å². The van der Waals surface area contributed by atoms with Gasteiger partial charge in [0.2, 0.25) is 0 Å². The van der Waals surface area contributed by atoms with Gasteiger partial charge < -0.3 is 15.0 Å². The summed E-state index contributed by atoms with van der Waals surface area (Å²) in [7, 11) is 0. The summed E-state index contributed by atoms with van der Waals surface area (Å²) in [4.78, 5) is 26.5. The summed E-state index contributed by atoms with van der Waals surface area (Å²) in [6.07, 6.45) is -2.74. The maximum Gasteiger partial charge on any atom is 0.416 e. The van der Waals surface area contributed by atoms with Gasteiger partial charge >= 0.3 is 12.2 Å². The first kappa shape index (κ1) is 22.8. The average Bonchev–Trinajstić information content (AvgIpc) is 2.79. The largest absolute Gasteiger partial charge is 0.416 e. The lowest BCUT2D eigenvalue weighted by Crippen LogP contribution is -2.52. The Morgan fingerprint density at radius 3 is 2.76 bits per heavy atom. The smallest absolute Gasteiger partial charge is 0.365 e. The Morgan fingerprint density at radius 1 is 1.24 bits per heavy atom. The number of urea groups is 1. The van der Waals surface area contributed by atoms with Gasteiger partial charge in [0.05, 0.1) is 18.8 Å². The minimum Gasteiger partial charge on any atom is -0.365 e. The van der Waals surface area contributed by atoms with Gasteiger partial charge in [-0.05, 0) is 36.2 Å². The molecule has 0 radical (unpaired) electrons. The number of aromatic nitrogens is 3. The van der Waals surface area contributed by atoms with E-state index in [0.717, 1.165) is 4.90 Å². The number of pyridine rings is 1. The summed E-state index contributed by atoms with van der Waals surface area (Å²) >= 11 is 0. The van der Waals surface area contributed by atoms with E-state index >= 15 is 0 Å². The molecular formula is C22H21F4N5O2. The monoisotopic (exact) mass is 463 g/mol. The fourth-order valence-electron chi connectivity index (χ4n) is 3.58. The molecule has 2 amide bonds. The van der Waals surface area contributed by atoms with Crippen LogP contribution in [-0.4, -0.2) is 57.9 Å². The van der Waals surface area contributed by atoms with Gasteiger partial charge in [-0.1, -0.05) is 6.92 Å². The number of morpholine rings is 1. The van der Waals surface area contributed by atoms with Crippen molar-refractivity contribution in [3.8, 4) is 11.1 Å². The van der Waals surface area contributed by atoms with E-state index in [1.165, 1.54) is 12.1 Å². The Morgan fingerprint density at radius 2 is 2.03 bits per heavy atom. The molecule has 1 fully saturated rings. The molecule has 3 heterocycles. The van der Waals surface area contributed by atoms with Crippen LogP contribution in [0, 0.1) is 12.7 Å². The zero-order valence-corrected chi connectivity index (χ0v) is 17.9. The highest BCUT2D eigenvalue weighted by Crippen LogP contribution is 2.31. The summed E-state index contributed by atoms with van der Waals surface area (Å²) < 4.78 is 58.2. The van der Waals surface area contributed by atoms with Gasteiger partial charge in [0.15, 0.2) is 11.8 Å². The van der Waals surface area contributed by atoms with Crippen molar-refractivity contribution in [3.63, 3.8) is 0 Å². The molecule has 1 aromatic carbocycles. The second kappa shape index (κ2) is 8.89. The van der Waals surface area contributed by atoms with Crippen LogP contribution in [0.2, 0.25) is 0 Å². The topological polar surface area (TPSA) is 80.2 Å². The molecule has 0 aliphatic carbocycles. The van der Waals surface area contributed by atoms with E-state index in [4.69, 9.17) is 4.74 Å². The number of carbonyl (C=O) groups is 1. The second-order valence-electron chi connectivity index (χ2n) is 7.70.